The van der Waals surface area contributed by atoms with Crippen molar-refractivity contribution in [3.05, 3.63) is 23.8 Å². The van der Waals surface area contributed by atoms with Crippen molar-refractivity contribution in [2.75, 3.05) is 18.5 Å². The molecular formula is C12H12N2O2. The summed E-state index contributed by atoms with van der Waals surface area (Å²) in [6.45, 7) is 0.729. The van der Waals surface area contributed by atoms with E-state index in [9.17, 15) is 4.79 Å². The van der Waals surface area contributed by atoms with Crippen LogP contribution in [-0.4, -0.2) is 19.1 Å². The molecule has 0 aliphatic carbocycles. The van der Waals surface area contributed by atoms with E-state index < -0.39 is 0 Å². The normalized spacial score (nSPS) is 13.7. The average molecular weight is 216 g/mol. The molecule has 0 radical (unpaired) electrons. The second-order valence-corrected chi connectivity index (χ2v) is 3.36. The average Bonchev–Trinajstić information content (AvgIpc) is 2.46. The van der Waals surface area contributed by atoms with Gasteiger partial charge in [-0.3, -0.25) is 4.79 Å². The van der Waals surface area contributed by atoms with E-state index in [1.807, 2.05) is 12.1 Å². The topological polar surface area (TPSA) is 64.3 Å². The van der Waals surface area contributed by atoms with Gasteiger partial charge in [-0.25, -0.2) is 0 Å². The maximum atomic E-state index is 11.3. The molecule has 1 aliphatic rings. The second-order valence-electron chi connectivity index (χ2n) is 3.36. The molecule has 0 saturated carbocycles. The Morgan fingerprint density at radius 3 is 3.19 bits per heavy atom. The summed E-state index contributed by atoms with van der Waals surface area (Å²) in [6, 6.07) is 5.45. The molecule has 82 valence electrons. The molecule has 1 aromatic carbocycles. The number of amides is 1. The van der Waals surface area contributed by atoms with Crippen LogP contribution in [-0.2, 0) is 4.79 Å². The van der Waals surface area contributed by atoms with Crippen LogP contribution in [0.3, 0.4) is 0 Å². The number of ether oxygens (including phenoxy) is 1. The van der Waals surface area contributed by atoms with Crippen LogP contribution in [0.15, 0.2) is 18.2 Å². The van der Waals surface area contributed by atoms with Crippen molar-refractivity contribution in [3.8, 4) is 17.6 Å². The Morgan fingerprint density at radius 2 is 2.38 bits per heavy atom. The number of hydrogen-bond donors (Lipinski definition) is 2. The molecule has 2 rings (SSSR count). The van der Waals surface area contributed by atoms with Crippen LogP contribution in [0.1, 0.15) is 12.0 Å². The van der Waals surface area contributed by atoms with E-state index in [0.717, 1.165) is 5.56 Å². The molecule has 0 bridgehead atoms. The van der Waals surface area contributed by atoms with E-state index >= 15 is 0 Å². The number of nitrogens with one attached hydrogen (secondary N) is 1. The van der Waals surface area contributed by atoms with Crippen molar-refractivity contribution in [3.63, 3.8) is 0 Å². The van der Waals surface area contributed by atoms with Gasteiger partial charge >= 0.3 is 0 Å². The quantitative estimate of drug-likeness (QED) is 0.628. The van der Waals surface area contributed by atoms with Gasteiger partial charge in [0.15, 0.2) is 0 Å². The number of benzene rings is 1. The van der Waals surface area contributed by atoms with E-state index in [-0.39, 0.29) is 5.91 Å². The number of carbonyl (C=O) groups is 1. The van der Waals surface area contributed by atoms with Crippen LogP contribution >= 0.6 is 0 Å². The molecule has 1 heterocycles. The van der Waals surface area contributed by atoms with Gasteiger partial charge in [-0.2, -0.15) is 0 Å². The van der Waals surface area contributed by atoms with Gasteiger partial charge in [0, 0.05) is 5.56 Å². The molecule has 0 unspecified atom stereocenters. The van der Waals surface area contributed by atoms with E-state index in [0.29, 0.717) is 31.0 Å². The van der Waals surface area contributed by atoms with Gasteiger partial charge in [-0.05, 0) is 18.2 Å². The molecule has 4 heteroatoms. The summed E-state index contributed by atoms with van der Waals surface area (Å²) in [6.07, 6.45) is 0.374. The Morgan fingerprint density at radius 1 is 1.50 bits per heavy atom. The molecule has 0 saturated heterocycles. The highest BCUT2D eigenvalue weighted by Crippen LogP contribution is 2.27. The third-order valence-electron chi connectivity index (χ3n) is 2.18. The molecule has 0 fully saturated rings. The van der Waals surface area contributed by atoms with Crippen molar-refractivity contribution >= 4 is 11.6 Å². The fourth-order valence-electron chi connectivity index (χ4n) is 1.45. The second kappa shape index (κ2) is 4.69. The molecular weight excluding hydrogens is 204 g/mol. The summed E-state index contributed by atoms with van der Waals surface area (Å²) in [4.78, 5) is 11.3. The number of nitrogens with two attached hydrogens (primary N) is 1. The largest absolute Gasteiger partial charge is 0.491 e. The molecule has 3 N–H and O–H groups in total. The van der Waals surface area contributed by atoms with Crippen molar-refractivity contribution in [2.45, 2.75) is 6.42 Å². The van der Waals surface area contributed by atoms with E-state index in [1.165, 1.54) is 0 Å². The van der Waals surface area contributed by atoms with Gasteiger partial charge < -0.3 is 15.8 Å². The van der Waals surface area contributed by atoms with Crippen LogP contribution in [0.25, 0.3) is 0 Å². The Hall–Kier alpha value is -1.99. The summed E-state index contributed by atoms with van der Waals surface area (Å²) >= 11 is 0. The third-order valence-corrected chi connectivity index (χ3v) is 2.18. The molecule has 1 aliphatic heterocycles. The predicted molar refractivity (Wildman–Crippen MR) is 61.1 cm³/mol. The first-order chi connectivity index (χ1) is 7.79. The van der Waals surface area contributed by atoms with Gasteiger partial charge in [0.25, 0.3) is 0 Å². The van der Waals surface area contributed by atoms with E-state index in [2.05, 4.69) is 17.2 Å². The number of anilines is 1. The summed E-state index contributed by atoms with van der Waals surface area (Å²) in [7, 11) is 0. The van der Waals surface area contributed by atoms with E-state index in [1.54, 1.807) is 6.07 Å². The Balaban J connectivity index is 2.32. The maximum Gasteiger partial charge on any atom is 0.227 e. The van der Waals surface area contributed by atoms with Crippen LogP contribution in [0, 0.1) is 11.8 Å². The number of fused-ring (bicyclic) bond motifs is 1. The van der Waals surface area contributed by atoms with Crippen LogP contribution < -0.4 is 15.8 Å². The van der Waals surface area contributed by atoms with Crippen molar-refractivity contribution in [1.29, 1.82) is 0 Å². The van der Waals surface area contributed by atoms with Crippen molar-refractivity contribution < 1.29 is 9.53 Å². The lowest BCUT2D eigenvalue weighted by Gasteiger charge is -2.06. The fourth-order valence-corrected chi connectivity index (χ4v) is 1.45. The van der Waals surface area contributed by atoms with Gasteiger partial charge in [-0.1, -0.05) is 11.8 Å². The van der Waals surface area contributed by atoms with Crippen LogP contribution in [0.5, 0.6) is 5.75 Å². The Labute approximate surface area is 93.8 Å². The van der Waals surface area contributed by atoms with Crippen molar-refractivity contribution in [2.24, 2.45) is 5.73 Å². The molecule has 4 nitrogen and oxygen atoms in total. The third kappa shape index (κ3) is 2.33. The van der Waals surface area contributed by atoms with Crippen molar-refractivity contribution in [1.82, 2.24) is 0 Å². The summed E-state index contributed by atoms with van der Waals surface area (Å²) in [5.41, 5.74) is 6.78. The number of hydrogen-bond acceptors (Lipinski definition) is 3. The van der Waals surface area contributed by atoms with Crippen LogP contribution in [0.2, 0.25) is 0 Å². The molecule has 16 heavy (non-hydrogen) atoms. The SMILES string of the molecule is NCC#Cc1ccc2c(c1)NC(=O)CCO2. The lowest BCUT2D eigenvalue weighted by atomic mass is 10.2. The first-order valence-corrected chi connectivity index (χ1v) is 5.05. The smallest absolute Gasteiger partial charge is 0.227 e. The summed E-state index contributed by atoms with van der Waals surface area (Å²) < 4.78 is 5.42. The molecule has 0 spiro atoms. The lowest BCUT2D eigenvalue weighted by Crippen LogP contribution is -2.10. The Bertz CT molecular complexity index is 472. The van der Waals surface area contributed by atoms with Gasteiger partial charge in [0.05, 0.1) is 25.3 Å². The lowest BCUT2D eigenvalue weighted by molar-refractivity contribution is -0.116. The highest BCUT2D eigenvalue weighted by atomic mass is 16.5. The minimum absolute atomic E-state index is 0.0392. The zero-order valence-corrected chi connectivity index (χ0v) is 8.75. The highest BCUT2D eigenvalue weighted by Gasteiger charge is 2.13. The molecule has 0 aromatic heterocycles. The zero-order valence-electron chi connectivity index (χ0n) is 8.75. The fraction of sp³-hybridized carbons (Fsp3) is 0.250. The Kier molecular flexibility index (Phi) is 3.08. The van der Waals surface area contributed by atoms with Gasteiger partial charge in [0.2, 0.25) is 5.91 Å². The molecule has 0 atom stereocenters. The monoisotopic (exact) mass is 216 g/mol. The standard InChI is InChI=1S/C12H12N2O2/c13-6-1-2-9-3-4-11-10(8-9)14-12(15)5-7-16-11/h3-4,8H,5-7,13H2,(H,14,15). The highest BCUT2D eigenvalue weighted by molar-refractivity contribution is 5.93. The number of rotatable bonds is 0. The van der Waals surface area contributed by atoms with Crippen LogP contribution in [0.4, 0.5) is 5.69 Å². The zero-order chi connectivity index (χ0) is 11.4. The van der Waals surface area contributed by atoms with Gasteiger partial charge in [0.1, 0.15) is 5.75 Å². The van der Waals surface area contributed by atoms with E-state index in [4.69, 9.17) is 10.5 Å². The van der Waals surface area contributed by atoms with Gasteiger partial charge in [-0.15, -0.1) is 0 Å². The summed E-state index contributed by atoms with van der Waals surface area (Å²) in [5, 5.41) is 2.78. The summed E-state index contributed by atoms with van der Waals surface area (Å²) in [5.74, 6) is 6.32. The molecule has 1 amide bonds. The minimum atomic E-state index is -0.0392. The first-order valence-electron chi connectivity index (χ1n) is 5.05. The first kappa shape index (κ1) is 10.5. The number of carbonyl (C=O) groups excluding carboxylic acids is 1. The minimum Gasteiger partial charge on any atom is -0.491 e. The predicted octanol–water partition coefficient (Wildman–Crippen LogP) is 0.718. The molecule has 1 aromatic rings. The maximum absolute atomic E-state index is 11.3.